The van der Waals surface area contributed by atoms with Crippen molar-refractivity contribution in [3.8, 4) is 11.3 Å². The van der Waals surface area contributed by atoms with Crippen LogP contribution in [-0.2, 0) is 11.0 Å². The van der Waals surface area contributed by atoms with Crippen molar-refractivity contribution in [2.75, 3.05) is 24.1 Å². The maximum absolute atomic E-state index is 13.1. The summed E-state index contributed by atoms with van der Waals surface area (Å²) in [6, 6.07) is 8.29. The minimum atomic E-state index is -4.56. The van der Waals surface area contributed by atoms with E-state index in [-0.39, 0.29) is 29.4 Å². The van der Waals surface area contributed by atoms with Crippen molar-refractivity contribution < 1.29 is 22.8 Å². The zero-order chi connectivity index (χ0) is 31.6. The molecule has 10 nitrogen and oxygen atoms in total. The van der Waals surface area contributed by atoms with Crippen molar-refractivity contribution in [1.29, 1.82) is 0 Å². The van der Waals surface area contributed by atoms with Gasteiger partial charge in [0.2, 0.25) is 5.91 Å². The van der Waals surface area contributed by atoms with E-state index in [4.69, 9.17) is 10.8 Å². The molecule has 5 N–H and O–H groups in total. The van der Waals surface area contributed by atoms with Gasteiger partial charge in [-0.05, 0) is 62.9 Å². The first-order valence-electron chi connectivity index (χ1n) is 15.0. The quantitative estimate of drug-likeness (QED) is 0.243. The lowest BCUT2D eigenvalue weighted by Gasteiger charge is -2.30. The molecule has 2 aliphatic rings. The number of carbonyl (C=O) groups is 2. The molecule has 0 unspecified atom stereocenters. The van der Waals surface area contributed by atoms with Gasteiger partial charge in [-0.2, -0.15) is 18.3 Å². The smallest absolute Gasteiger partial charge is 0.383 e. The number of amides is 2. The van der Waals surface area contributed by atoms with Crippen molar-refractivity contribution in [3.05, 3.63) is 71.6 Å². The molecule has 1 aliphatic carbocycles. The Morgan fingerprint density at radius 1 is 1.09 bits per heavy atom. The molecule has 234 valence electrons. The van der Waals surface area contributed by atoms with Crippen LogP contribution < -0.4 is 21.7 Å². The molecule has 6 rings (SSSR count). The Labute approximate surface area is 257 Å². The Morgan fingerprint density at radius 3 is 2.71 bits per heavy atom. The first-order chi connectivity index (χ1) is 21.7. The molecule has 2 bridgehead atoms. The van der Waals surface area contributed by atoms with Crippen LogP contribution >= 0.6 is 0 Å². The number of benzene rings is 1. The molecule has 1 aliphatic heterocycles. The van der Waals surface area contributed by atoms with Crippen molar-refractivity contribution in [2.24, 2.45) is 0 Å². The topological polar surface area (TPSA) is 140 Å². The molecule has 2 atom stereocenters. The molecular formula is C32H33F3N8O2. The third-order valence-corrected chi connectivity index (χ3v) is 8.21. The predicted octanol–water partition coefficient (Wildman–Crippen LogP) is 5.34. The molecule has 0 radical (unpaired) electrons. The molecular weight excluding hydrogens is 585 g/mol. The Bertz CT molecular complexity index is 1750. The van der Waals surface area contributed by atoms with E-state index in [0.29, 0.717) is 35.4 Å². The number of alkyl halides is 3. The first-order valence-corrected chi connectivity index (χ1v) is 15.0. The van der Waals surface area contributed by atoms with Gasteiger partial charge in [0.25, 0.3) is 5.91 Å². The molecule has 0 saturated heterocycles. The van der Waals surface area contributed by atoms with Gasteiger partial charge in [0, 0.05) is 48.1 Å². The second-order valence-corrected chi connectivity index (χ2v) is 11.4. The number of hydrogen-bond acceptors (Lipinski definition) is 7. The number of nitrogens with two attached hydrogens (primary N) is 1. The largest absolute Gasteiger partial charge is 0.416 e. The summed E-state index contributed by atoms with van der Waals surface area (Å²) in [4.78, 5) is 33.8. The van der Waals surface area contributed by atoms with E-state index in [1.165, 1.54) is 0 Å². The molecule has 45 heavy (non-hydrogen) atoms. The molecule has 13 heteroatoms. The minimum absolute atomic E-state index is 0.0162. The van der Waals surface area contributed by atoms with E-state index in [2.05, 4.69) is 25.9 Å². The lowest BCUT2D eigenvalue weighted by molar-refractivity contribution is -0.137. The average Bonchev–Trinajstić information content (AvgIpc) is 3.43. The Hall–Kier alpha value is -4.78. The van der Waals surface area contributed by atoms with Gasteiger partial charge < -0.3 is 21.7 Å². The van der Waals surface area contributed by atoms with E-state index < -0.39 is 17.6 Å². The van der Waals surface area contributed by atoms with Crippen molar-refractivity contribution in [2.45, 2.75) is 56.8 Å². The fourth-order valence-corrected chi connectivity index (χ4v) is 6.01. The van der Waals surface area contributed by atoms with Crippen LogP contribution in [0.4, 0.5) is 24.8 Å². The van der Waals surface area contributed by atoms with E-state index in [0.717, 1.165) is 68.1 Å². The zero-order valence-electron chi connectivity index (χ0n) is 24.4. The number of hydrogen-bond donors (Lipinski definition) is 4. The summed E-state index contributed by atoms with van der Waals surface area (Å²) in [6.07, 6.45) is 6.89. The number of fused-ring (bicyclic) bond motifs is 3. The molecule has 1 saturated carbocycles. The number of pyridine rings is 2. The van der Waals surface area contributed by atoms with E-state index in [1.54, 1.807) is 30.5 Å². The molecule has 1 fully saturated rings. The summed E-state index contributed by atoms with van der Waals surface area (Å²) >= 11 is 0. The minimum Gasteiger partial charge on any atom is -0.383 e. The first kappa shape index (κ1) is 30.3. The Morgan fingerprint density at radius 2 is 1.91 bits per heavy atom. The maximum Gasteiger partial charge on any atom is 0.416 e. The van der Waals surface area contributed by atoms with Gasteiger partial charge in [-0.3, -0.25) is 14.3 Å². The predicted molar refractivity (Wildman–Crippen MR) is 165 cm³/mol. The number of nitrogen functional groups attached to an aromatic ring is 1. The van der Waals surface area contributed by atoms with Gasteiger partial charge in [-0.25, -0.2) is 9.97 Å². The summed E-state index contributed by atoms with van der Waals surface area (Å²) in [5.41, 5.74) is 8.81. The SMILES string of the molecule is Nc1ncc2c3c1c(-c1ccc(C(=O)Nc4cc(C(F)(F)F)ccn4)cc1)nn3[C@@H]1CCC[C@H](C1)NC(=O)CCCNC/C=C/2. The van der Waals surface area contributed by atoms with Gasteiger partial charge in [-0.1, -0.05) is 24.3 Å². The zero-order valence-corrected chi connectivity index (χ0v) is 24.4. The van der Waals surface area contributed by atoms with Crippen molar-refractivity contribution in [3.63, 3.8) is 0 Å². The number of anilines is 2. The molecule has 0 spiro atoms. The standard InChI is InChI=1S/C32H33F3N8O2/c33-32(34,35)22-12-15-38-25(16-22)41-31(45)20-10-8-19(9-11-20)28-27-29-21(18-39-30(27)36)4-2-13-37-14-3-7-26(44)40-23-5-1-6-24(17-23)43(29)42-28/h2,4,8-12,15-16,18,23-24,37H,1,3,5-7,13-14,17H2,(H2,36,39)(H,40,44)(H,38,41,45)/b4-2+/t23-,24-/m1/s1. The number of nitrogens with zero attached hydrogens (tertiary/aromatic N) is 4. The summed E-state index contributed by atoms with van der Waals surface area (Å²) in [5.74, 6) is -0.431. The van der Waals surface area contributed by atoms with Gasteiger partial charge in [0.05, 0.1) is 22.5 Å². The highest BCUT2D eigenvalue weighted by molar-refractivity contribution is 6.06. The normalized spacial score (nSPS) is 20.1. The molecule has 3 aromatic heterocycles. The van der Waals surface area contributed by atoms with Crippen LogP contribution in [0.25, 0.3) is 28.2 Å². The van der Waals surface area contributed by atoms with Gasteiger partial charge in [0.1, 0.15) is 17.3 Å². The van der Waals surface area contributed by atoms with Crippen LogP contribution in [0.15, 0.2) is 54.9 Å². The highest BCUT2D eigenvalue weighted by Crippen LogP contribution is 2.39. The molecule has 4 aromatic rings. The summed E-state index contributed by atoms with van der Waals surface area (Å²) < 4.78 is 41.3. The van der Waals surface area contributed by atoms with Crippen LogP contribution in [0.3, 0.4) is 0 Å². The van der Waals surface area contributed by atoms with Crippen LogP contribution in [-0.4, -0.2) is 50.7 Å². The number of rotatable bonds is 3. The third kappa shape index (κ3) is 6.68. The Balaban J connectivity index is 1.35. The second-order valence-electron chi connectivity index (χ2n) is 11.4. The average molecular weight is 619 g/mol. The molecule has 1 aromatic carbocycles. The molecule has 4 heterocycles. The number of aromatic nitrogens is 4. The van der Waals surface area contributed by atoms with Crippen LogP contribution in [0.2, 0.25) is 0 Å². The Kier molecular flexibility index (Phi) is 8.52. The summed E-state index contributed by atoms with van der Waals surface area (Å²) in [7, 11) is 0. The molecule has 2 amide bonds. The fourth-order valence-electron chi connectivity index (χ4n) is 6.01. The second kappa shape index (κ2) is 12.7. The van der Waals surface area contributed by atoms with Crippen LogP contribution in [0.1, 0.15) is 66.1 Å². The lowest BCUT2D eigenvalue weighted by Crippen LogP contribution is -2.39. The van der Waals surface area contributed by atoms with Crippen molar-refractivity contribution in [1.82, 2.24) is 30.4 Å². The monoisotopic (exact) mass is 618 g/mol. The highest BCUT2D eigenvalue weighted by atomic mass is 19.4. The summed E-state index contributed by atoms with van der Waals surface area (Å²) in [6.45, 7) is 1.35. The van der Waals surface area contributed by atoms with Gasteiger partial charge >= 0.3 is 6.18 Å². The lowest BCUT2D eigenvalue weighted by atomic mass is 9.90. The fraction of sp³-hybridized carbons (Fsp3) is 0.344. The van der Waals surface area contributed by atoms with Gasteiger partial charge in [-0.15, -0.1) is 0 Å². The third-order valence-electron chi connectivity index (χ3n) is 8.21. The summed E-state index contributed by atoms with van der Waals surface area (Å²) in [5, 5.41) is 14.7. The van der Waals surface area contributed by atoms with Crippen LogP contribution in [0.5, 0.6) is 0 Å². The number of nitrogens with one attached hydrogen (secondary N) is 3. The number of carbonyl (C=O) groups excluding carboxylic acids is 2. The van der Waals surface area contributed by atoms with E-state index in [9.17, 15) is 22.8 Å². The maximum atomic E-state index is 13.1. The number of halogens is 3. The van der Waals surface area contributed by atoms with Gasteiger partial charge in [0.15, 0.2) is 0 Å². The van der Waals surface area contributed by atoms with E-state index in [1.807, 2.05) is 16.8 Å². The van der Waals surface area contributed by atoms with E-state index >= 15 is 0 Å². The van der Waals surface area contributed by atoms with Crippen LogP contribution in [0, 0.1) is 0 Å². The van der Waals surface area contributed by atoms with Crippen molar-refractivity contribution >= 4 is 40.4 Å². The highest BCUT2D eigenvalue weighted by Gasteiger charge is 2.31.